The second kappa shape index (κ2) is 6.29. The Kier molecular flexibility index (Phi) is 4.23. The molecule has 2 aromatic rings. The van der Waals surface area contributed by atoms with Gasteiger partial charge in [0.1, 0.15) is 5.75 Å². The van der Waals surface area contributed by atoms with Crippen LogP contribution in [0.15, 0.2) is 48.5 Å². The van der Waals surface area contributed by atoms with E-state index in [0.717, 1.165) is 30.8 Å². The summed E-state index contributed by atoms with van der Waals surface area (Å²) >= 11 is 0. The molecule has 110 valence electrons. The van der Waals surface area contributed by atoms with Crippen LogP contribution in [0.4, 0.5) is 0 Å². The van der Waals surface area contributed by atoms with E-state index >= 15 is 0 Å². The van der Waals surface area contributed by atoms with Crippen LogP contribution >= 0.6 is 0 Å². The number of rotatable bonds is 4. The molecule has 3 heteroatoms. The summed E-state index contributed by atoms with van der Waals surface area (Å²) < 4.78 is 5.15. The van der Waals surface area contributed by atoms with E-state index in [1.165, 1.54) is 11.1 Å². The standard InChI is InChI=1S/C18H21NO2/c1-21-17-8-6-15(7-9-17)18(20)13-19-11-10-14-4-2-3-5-16(14)12-19/h2-9,18,20H,10-13H2,1H3. The summed E-state index contributed by atoms with van der Waals surface area (Å²) in [5, 5.41) is 10.4. The quantitative estimate of drug-likeness (QED) is 0.936. The first-order chi connectivity index (χ1) is 10.3. The highest BCUT2D eigenvalue weighted by Crippen LogP contribution is 2.23. The van der Waals surface area contributed by atoms with Crippen LogP contribution in [-0.2, 0) is 13.0 Å². The lowest BCUT2D eigenvalue weighted by Gasteiger charge is -2.30. The minimum Gasteiger partial charge on any atom is -0.497 e. The highest BCUT2D eigenvalue weighted by Gasteiger charge is 2.19. The van der Waals surface area contributed by atoms with E-state index < -0.39 is 6.10 Å². The Labute approximate surface area is 125 Å². The Hall–Kier alpha value is -1.84. The number of benzene rings is 2. The molecule has 1 N–H and O–H groups in total. The number of fused-ring (bicyclic) bond motifs is 1. The lowest BCUT2D eigenvalue weighted by molar-refractivity contribution is 0.106. The van der Waals surface area contributed by atoms with Crippen LogP contribution in [-0.4, -0.2) is 30.2 Å². The molecule has 3 rings (SSSR count). The van der Waals surface area contributed by atoms with Crippen molar-refractivity contribution in [3.63, 3.8) is 0 Å². The van der Waals surface area contributed by atoms with Gasteiger partial charge in [-0.1, -0.05) is 36.4 Å². The molecule has 0 spiro atoms. The Bertz CT molecular complexity index is 594. The summed E-state index contributed by atoms with van der Waals surface area (Å²) in [4.78, 5) is 2.32. The molecule has 1 aliphatic rings. The van der Waals surface area contributed by atoms with Crippen LogP contribution in [0.3, 0.4) is 0 Å². The van der Waals surface area contributed by atoms with Crippen LogP contribution < -0.4 is 4.74 Å². The zero-order chi connectivity index (χ0) is 14.7. The average Bonchev–Trinajstić information content (AvgIpc) is 2.55. The third-order valence-electron chi connectivity index (χ3n) is 4.14. The minimum absolute atomic E-state index is 0.457. The van der Waals surface area contributed by atoms with E-state index in [9.17, 15) is 5.11 Å². The molecule has 0 bridgehead atoms. The molecule has 1 unspecified atom stereocenters. The number of ether oxygens (including phenoxy) is 1. The number of methoxy groups -OCH3 is 1. The molecule has 0 aliphatic carbocycles. The van der Waals surface area contributed by atoms with Crippen molar-refractivity contribution in [2.24, 2.45) is 0 Å². The summed E-state index contributed by atoms with van der Waals surface area (Å²) in [6.07, 6.45) is 0.604. The zero-order valence-corrected chi connectivity index (χ0v) is 12.3. The van der Waals surface area contributed by atoms with Gasteiger partial charge in [0.05, 0.1) is 13.2 Å². The van der Waals surface area contributed by atoms with Crippen molar-refractivity contribution in [2.75, 3.05) is 20.2 Å². The third kappa shape index (κ3) is 3.26. The molecule has 21 heavy (non-hydrogen) atoms. The molecular weight excluding hydrogens is 262 g/mol. The molecule has 0 radical (unpaired) electrons. The summed E-state index contributed by atoms with van der Waals surface area (Å²) in [6, 6.07) is 16.2. The zero-order valence-electron chi connectivity index (χ0n) is 12.3. The van der Waals surface area contributed by atoms with Crippen molar-refractivity contribution in [3.8, 4) is 5.75 Å². The maximum absolute atomic E-state index is 10.4. The van der Waals surface area contributed by atoms with Crippen molar-refractivity contribution in [1.29, 1.82) is 0 Å². The number of nitrogens with zero attached hydrogens (tertiary/aromatic N) is 1. The molecule has 0 amide bonds. The molecular formula is C18H21NO2. The monoisotopic (exact) mass is 283 g/mol. The van der Waals surface area contributed by atoms with Crippen molar-refractivity contribution in [1.82, 2.24) is 4.90 Å². The number of hydrogen-bond acceptors (Lipinski definition) is 3. The highest BCUT2D eigenvalue weighted by molar-refractivity contribution is 5.30. The fraction of sp³-hybridized carbons (Fsp3) is 0.333. The van der Waals surface area contributed by atoms with Gasteiger partial charge in [-0.15, -0.1) is 0 Å². The summed E-state index contributed by atoms with van der Waals surface area (Å²) in [7, 11) is 1.65. The molecule has 2 aromatic carbocycles. The first-order valence-electron chi connectivity index (χ1n) is 7.37. The second-order valence-corrected chi connectivity index (χ2v) is 5.54. The van der Waals surface area contributed by atoms with Gasteiger partial charge in [0.2, 0.25) is 0 Å². The van der Waals surface area contributed by atoms with Crippen molar-refractivity contribution >= 4 is 0 Å². The lowest BCUT2D eigenvalue weighted by Crippen LogP contribution is -2.33. The fourth-order valence-electron chi connectivity index (χ4n) is 2.89. The predicted octanol–water partition coefficient (Wildman–Crippen LogP) is 2.79. The van der Waals surface area contributed by atoms with Gasteiger partial charge in [0, 0.05) is 19.6 Å². The summed E-state index contributed by atoms with van der Waals surface area (Å²) in [5.74, 6) is 0.817. The van der Waals surface area contributed by atoms with E-state index in [2.05, 4.69) is 29.2 Å². The topological polar surface area (TPSA) is 32.7 Å². The average molecular weight is 283 g/mol. The third-order valence-corrected chi connectivity index (χ3v) is 4.14. The molecule has 1 aliphatic heterocycles. The van der Waals surface area contributed by atoms with Crippen molar-refractivity contribution in [2.45, 2.75) is 19.1 Å². The minimum atomic E-state index is -0.457. The summed E-state index contributed by atoms with van der Waals surface area (Å²) in [6.45, 7) is 2.59. The van der Waals surface area contributed by atoms with Crippen molar-refractivity contribution in [3.05, 3.63) is 65.2 Å². The molecule has 3 nitrogen and oxygen atoms in total. The highest BCUT2D eigenvalue weighted by atomic mass is 16.5. The lowest BCUT2D eigenvalue weighted by atomic mass is 9.99. The van der Waals surface area contributed by atoms with E-state index in [1.807, 2.05) is 24.3 Å². The van der Waals surface area contributed by atoms with E-state index in [-0.39, 0.29) is 0 Å². The Morgan fingerprint density at radius 3 is 2.52 bits per heavy atom. The van der Waals surface area contributed by atoms with Gasteiger partial charge in [0.15, 0.2) is 0 Å². The van der Waals surface area contributed by atoms with Gasteiger partial charge in [-0.05, 0) is 35.2 Å². The normalized spacial score (nSPS) is 16.3. The van der Waals surface area contributed by atoms with Crippen molar-refractivity contribution < 1.29 is 9.84 Å². The smallest absolute Gasteiger partial charge is 0.118 e. The Morgan fingerprint density at radius 2 is 1.81 bits per heavy atom. The predicted molar refractivity (Wildman–Crippen MR) is 83.4 cm³/mol. The number of aliphatic hydroxyl groups excluding tert-OH is 1. The van der Waals surface area contributed by atoms with Gasteiger partial charge in [0.25, 0.3) is 0 Å². The summed E-state index contributed by atoms with van der Waals surface area (Å²) in [5.41, 5.74) is 3.76. The van der Waals surface area contributed by atoms with Gasteiger partial charge in [-0.3, -0.25) is 4.90 Å². The molecule has 0 saturated heterocycles. The Morgan fingerprint density at radius 1 is 1.10 bits per heavy atom. The van der Waals surface area contributed by atoms with Crippen LogP contribution in [0, 0.1) is 0 Å². The molecule has 1 heterocycles. The fourth-order valence-corrected chi connectivity index (χ4v) is 2.89. The largest absolute Gasteiger partial charge is 0.497 e. The molecule has 1 atom stereocenters. The van der Waals surface area contributed by atoms with Crippen LogP contribution in [0.5, 0.6) is 5.75 Å². The maximum atomic E-state index is 10.4. The van der Waals surface area contributed by atoms with Gasteiger partial charge >= 0.3 is 0 Å². The first kappa shape index (κ1) is 14.1. The van der Waals surface area contributed by atoms with Crippen LogP contribution in [0.1, 0.15) is 22.8 Å². The second-order valence-electron chi connectivity index (χ2n) is 5.54. The number of hydrogen-bond donors (Lipinski definition) is 1. The molecule has 0 saturated carbocycles. The van der Waals surface area contributed by atoms with Crippen LogP contribution in [0.25, 0.3) is 0 Å². The van der Waals surface area contributed by atoms with Gasteiger partial charge in [-0.25, -0.2) is 0 Å². The van der Waals surface area contributed by atoms with E-state index in [1.54, 1.807) is 7.11 Å². The van der Waals surface area contributed by atoms with E-state index in [4.69, 9.17) is 4.74 Å². The number of β-amino-alcohol motifs (C(OH)–C–C–N with tert-alkyl or cyclic N) is 1. The van der Waals surface area contributed by atoms with E-state index in [0.29, 0.717) is 6.54 Å². The Balaban J connectivity index is 1.64. The van der Waals surface area contributed by atoms with Gasteiger partial charge < -0.3 is 9.84 Å². The van der Waals surface area contributed by atoms with Crippen LogP contribution in [0.2, 0.25) is 0 Å². The van der Waals surface area contributed by atoms with Gasteiger partial charge in [-0.2, -0.15) is 0 Å². The first-order valence-corrected chi connectivity index (χ1v) is 7.37. The number of aliphatic hydroxyl groups is 1. The maximum Gasteiger partial charge on any atom is 0.118 e. The molecule has 0 fully saturated rings. The molecule has 0 aromatic heterocycles. The SMILES string of the molecule is COc1ccc(C(O)CN2CCc3ccccc3C2)cc1.